The first-order valence-corrected chi connectivity index (χ1v) is 7.14. The molecule has 0 spiro atoms. The molecule has 0 bridgehead atoms. The van der Waals surface area contributed by atoms with Crippen molar-refractivity contribution in [2.75, 3.05) is 10.6 Å². The van der Waals surface area contributed by atoms with Crippen LogP contribution in [0.5, 0.6) is 0 Å². The van der Waals surface area contributed by atoms with E-state index in [1.807, 2.05) is 51.1 Å². The summed E-state index contributed by atoms with van der Waals surface area (Å²) in [5, 5.41) is 5.64. The number of hydrogen-bond donors (Lipinski definition) is 2. The van der Waals surface area contributed by atoms with Crippen LogP contribution >= 0.6 is 0 Å². The lowest BCUT2D eigenvalue weighted by Gasteiger charge is -2.18. The van der Waals surface area contributed by atoms with Crippen LogP contribution in [0.15, 0.2) is 54.6 Å². The number of carbonyl (C=O) groups excluding carboxylic acids is 2. The number of hydrogen-bond acceptors (Lipinski definition) is 2. The van der Waals surface area contributed by atoms with Gasteiger partial charge in [-0.3, -0.25) is 9.59 Å². The molecule has 0 unspecified atom stereocenters. The smallest absolute Gasteiger partial charge is 0.255 e. The summed E-state index contributed by atoms with van der Waals surface area (Å²) in [6, 6.07) is 16.1. The van der Waals surface area contributed by atoms with Crippen molar-refractivity contribution in [1.29, 1.82) is 0 Å². The zero-order valence-corrected chi connectivity index (χ0v) is 13.0. The number of amides is 2. The average molecular weight is 296 g/mol. The zero-order chi connectivity index (χ0) is 16.2. The summed E-state index contributed by atoms with van der Waals surface area (Å²) in [6.07, 6.45) is 0. The summed E-state index contributed by atoms with van der Waals surface area (Å²) in [7, 11) is 0. The molecule has 2 amide bonds. The number of para-hydroxylation sites is 1. The van der Waals surface area contributed by atoms with Crippen LogP contribution in [0.25, 0.3) is 0 Å². The highest BCUT2D eigenvalue weighted by molar-refractivity contribution is 6.05. The lowest BCUT2D eigenvalue weighted by Crippen LogP contribution is -2.27. The molecule has 0 saturated carbocycles. The molecule has 4 nitrogen and oxygen atoms in total. The van der Waals surface area contributed by atoms with Crippen molar-refractivity contribution >= 4 is 23.2 Å². The minimum absolute atomic E-state index is 0.0897. The molecule has 22 heavy (non-hydrogen) atoms. The second kappa shape index (κ2) is 6.43. The number of benzene rings is 2. The van der Waals surface area contributed by atoms with Crippen LogP contribution in [-0.4, -0.2) is 11.8 Å². The third-order valence-corrected chi connectivity index (χ3v) is 3.10. The molecule has 2 N–H and O–H groups in total. The predicted octanol–water partition coefficient (Wildman–Crippen LogP) is 3.92. The van der Waals surface area contributed by atoms with Crippen LogP contribution in [0.1, 0.15) is 31.1 Å². The van der Waals surface area contributed by atoms with Crippen molar-refractivity contribution in [3.05, 3.63) is 60.2 Å². The van der Waals surface area contributed by atoms with Crippen LogP contribution in [0, 0.1) is 5.41 Å². The number of rotatable bonds is 3. The highest BCUT2D eigenvalue weighted by atomic mass is 16.2. The molecule has 0 aliphatic carbocycles. The Kier molecular flexibility index (Phi) is 4.61. The van der Waals surface area contributed by atoms with Crippen molar-refractivity contribution in [3.63, 3.8) is 0 Å². The van der Waals surface area contributed by atoms with Gasteiger partial charge in [0.05, 0.1) is 0 Å². The second-order valence-electron chi connectivity index (χ2n) is 6.11. The summed E-state index contributed by atoms with van der Waals surface area (Å²) in [5.41, 5.74) is 1.36. The van der Waals surface area contributed by atoms with Crippen LogP contribution < -0.4 is 10.6 Å². The van der Waals surface area contributed by atoms with E-state index in [1.165, 1.54) is 0 Å². The largest absolute Gasteiger partial charge is 0.326 e. The molecule has 0 heterocycles. The standard InChI is InChI=1S/C18H20N2O2/c1-18(2,3)17(22)20-15-11-7-8-13(12-15)16(21)19-14-9-5-4-6-10-14/h4-12H,1-3H3,(H,19,21)(H,20,22). The monoisotopic (exact) mass is 296 g/mol. The molecule has 0 saturated heterocycles. The van der Waals surface area contributed by atoms with Crippen LogP contribution in [0.3, 0.4) is 0 Å². The van der Waals surface area contributed by atoms with E-state index in [9.17, 15) is 9.59 Å². The first-order chi connectivity index (χ1) is 10.4. The van der Waals surface area contributed by atoms with Gasteiger partial charge < -0.3 is 10.6 Å². The fraction of sp³-hybridized carbons (Fsp3) is 0.222. The Morgan fingerprint density at radius 1 is 0.818 bits per heavy atom. The minimum Gasteiger partial charge on any atom is -0.326 e. The molecule has 0 atom stereocenters. The Balaban J connectivity index is 2.11. The third-order valence-electron chi connectivity index (χ3n) is 3.10. The Hall–Kier alpha value is -2.62. The van der Waals surface area contributed by atoms with Gasteiger partial charge in [0.2, 0.25) is 5.91 Å². The lowest BCUT2D eigenvalue weighted by molar-refractivity contribution is -0.123. The maximum atomic E-state index is 12.2. The van der Waals surface area contributed by atoms with Gasteiger partial charge in [-0.15, -0.1) is 0 Å². The van der Waals surface area contributed by atoms with E-state index in [1.54, 1.807) is 24.3 Å². The van der Waals surface area contributed by atoms with Gasteiger partial charge in [-0.05, 0) is 30.3 Å². The van der Waals surface area contributed by atoms with E-state index < -0.39 is 5.41 Å². The predicted molar refractivity (Wildman–Crippen MR) is 88.9 cm³/mol. The Labute approximate surface area is 130 Å². The molecule has 4 heteroatoms. The Morgan fingerprint density at radius 2 is 1.45 bits per heavy atom. The quantitative estimate of drug-likeness (QED) is 0.901. The van der Waals surface area contributed by atoms with E-state index in [0.717, 1.165) is 5.69 Å². The molecule has 2 aromatic carbocycles. The summed E-state index contributed by atoms with van der Waals surface area (Å²) in [6.45, 7) is 5.52. The maximum Gasteiger partial charge on any atom is 0.255 e. The maximum absolute atomic E-state index is 12.2. The first-order valence-electron chi connectivity index (χ1n) is 7.14. The average Bonchev–Trinajstić information content (AvgIpc) is 2.47. The number of nitrogens with one attached hydrogen (secondary N) is 2. The van der Waals surface area contributed by atoms with E-state index in [0.29, 0.717) is 11.3 Å². The minimum atomic E-state index is -0.484. The van der Waals surface area contributed by atoms with Gasteiger partial charge in [0.1, 0.15) is 0 Å². The molecule has 0 aliphatic heterocycles. The summed E-state index contributed by atoms with van der Waals surface area (Å²) in [5.74, 6) is -0.300. The van der Waals surface area contributed by atoms with Gasteiger partial charge >= 0.3 is 0 Å². The number of carbonyl (C=O) groups is 2. The van der Waals surface area contributed by atoms with E-state index >= 15 is 0 Å². The van der Waals surface area contributed by atoms with E-state index in [4.69, 9.17) is 0 Å². The summed E-state index contributed by atoms with van der Waals surface area (Å²) in [4.78, 5) is 24.2. The molecule has 0 fully saturated rings. The third kappa shape index (κ3) is 4.19. The van der Waals surface area contributed by atoms with E-state index in [-0.39, 0.29) is 11.8 Å². The van der Waals surface area contributed by atoms with Gasteiger partial charge in [-0.2, -0.15) is 0 Å². The number of anilines is 2. The molecule has 0 radical (unpaired) electrons. The van der Waals surface area contributed by atoms with E-state index in [2.05, 4.69) is 10.6 Å². The lowest BCUT2D eigenvalue weighted by atomic mass is 9.95. The summed E-state index contributed by atoms with van der Waals surface area (Å²) < 4.78 is 0. The highest BCUT2D eigenvalue weighted by Crippen LogP contribution is 2.18. The van der Waals surface area contributed by atoms with Crippen molar-refractivity contribution < 1.29 is 9.59 Å². The van der Waals surface area contributed by atoms with Gasteiger partial charge in [-0.25, -0.2) is 0 Å². The van der Waals surface area contributed by atoms with Crippen LogP contribution in [0.2, 0.25) is 0 Å². The molecular formula is C18H20N2O2. The fourth-order valence-corrected chi connectivity index (χ4v) is 1.78. The van der Waals surface area contributed by atoms with Gasteiger partial charge in [0.15, 0.2) is 0 Å². The second-order valence-corrected chi connectivity index (χ2v) is 6.11. The van der Waals surface area contributed by atoms with Crippen LogP contribution in [-0.2, 0) is 4.79 Å². The Bertz CT molecular complexity index is 673. The van der Waals surface area contributed by atoms with Crippen molar-refractivity contribution in [1.82, 2.24) is 0 Å². The normalized spacial score (nSPS) is 10.9. The van der Waals surface area contributed by atoms with Gasteiger partial charge in [-0.1, -0.05) is 45.0 Å². The van der Waals surface area contributed by atoms with Crippen LogP contribution in [0.4, 0.5) is 11.4 Å². The topological polar surface area (TPSA) is 58.2 Å². The molecule has 2 rings (SSSR count). The van der Waals surface area contributed by atoms with Gasteiger partial charge in [0, 0.05) is 22.4 Å². The first kappa shape index (κ1) is 15.8. The Morgan fingerprint density at radius 3 is 2.09 bits per heavy atom. The molecule has 0 aliphatic rings. The van der Waals surface area contributed by atoms with Crippen molar-refractivity contribution in [3.8, 4) is 0 Å². The SMILES string of the molecule is CC(C)(C)C(=O)Nc1cccc(C(=O)Nc2ccccc2)c1. The summed E-state index contributed by atoms with van der Waals surface area (Å²) >= 11 is 0. The highest BCUT2D eigenvalue weighted by Gasteiger charge is 2.21. The van der Waals surface area contributed by atoms with Crippen molar-refractivity contribution in [2.45, 2.75) is 20.8 Å². The molecule has 0 aromatic heterocycles. The molecular weight excluding hydrogens is 276 g/mol. The van der Waals surface area contributed by atoms with Crippen molar-refractivity contribution in [2.24, 2.45) is 5.41 Å². The zero-order valence-electron chi connectivity index (χ0n) is 13.0. The molecule has 2 aromatic rings. The molecule has 114 valence electrons. The van der Waals surface area contributed by atoms with Gasteiger partial charge in [0.25, 0.3) is 5.91 Å². The fourth-order valence-electron chi connectivity index (χ4n) is 1.78.